The first-order valence-corrected chi connectivity index (χ1v) is 9.53. The molecule has 1 aliphatic carbocycles. The molecule has 0 saturated heterocycles. The lowest BCUT2D eigenvalue weighted by atomic mass is 10.0. The molecule has 3 aromatic heterocycles. The van der Waals surface area contributed by atoms with Crippen LogP contribution >= 0.6 is 11.3 Å². The summed E-state index contributed by atoms with van der Waals surface area (Å²) in [6, 6.07) is 6.37. The third-order valence-electron chi connectivity index (χ3n) is 4.61. The van der Waals surface area contributed by atoms with E-state index in [2.05, 4.69) is 35.4 Å². The Labute approximate surface area is 150 Å². The number of hydrogen-bond acceptors (Lipinski definition) is 5. The number of nitrogens with zero attached hydrogens (tertiary/aromatic N) is 3. The van der Waals surface area contributed by atoms with Crippen molar-refractivity contribution in [1.29, 1.82) is 0 Å². The van der Waals surface area contributed by atoms with Crippen molar-refractivity contribution in [3.8, 4) is 0 Å². The van der Waals surface area contributed by atoms with Crippen LogP contribution in [-0.4, -0.2) is 27.0 Å². The van der Waals surface area contributed by atoms with Gasteiger partial charge in [0.15, 0.2) is 0 Å². The molecule has 0 radical (unpaired) electrons. The Morgan fingerprint density at radius 1 is 1.44 bits per heavy atom. The number of fused-ring (bicyclic) bond motifs is 1. The Morgan fingerprint density at radius 3 is 2.88 bits per heavy atom. The largest absolute Gasteiger partial charge is 0.336 e. The molecule has 6 heteroatoms. The van der Waals surface area contributed by atoms with Gasteiger partial charge in [0.1, 0.15) is 0 Å². The van der Waals surface area contributed by atoms with E-state index in [-0.39, 0.29) is 11.8 Å². The van der Waals surface area contributed by atoms with Gasteiger partial charge in [-0.3, -0.25) is 4.79 Å². The molecule has 0 spiro atoms. The Morgan fingerprint density at radius 2 is 2.24 bits per heavy atom. The van der Waals surface area contributed by atoms with Gasteiger partial charge in [0.25, 0.3) is 11.6 Å². The van der Waals surface area contributed by atoms with Crippen LogP contribution < -0.4 is 0 Å². The summed E-state index contributed by atoms with van der Waals surface area (Å²) >= 11 is 1.69. The zero-order valence-electron chi connectivity index (χ0n) is 14.7. The number of rotatable bonds is 5. The summed E-state index contributed by atoms with van der Waals surface area (Å²) in [7, 11) is 0. The zero-order chi connectivity index (χ0) is 17.6. The number of carbonyl (C=O) groups excluding carboxylic acids is 1. The summed E-state index contributed by atoms with van der Waals surface area (Å²) in [4.78, 5) is 21.2. The second-order valence-corrected chi connectivity index (χ2v) is 7.97. The van der Waals surface area contributed by atoms with E-state index in [1.54, 1.807) is 11.3 Å². The van der Waals surface area contributed by atoms with Gasteiger partial charge in [-0.15, -0.1) is 11.3 Å². The molecule has 0 unspecified atom stereocenters. The SMILES string of the molecule is Cc1noc2nc(C(C)C)cc(C(=O)N(Cc3cccs3)C3CC3)c12. The molecule has 1 fully saturated rings. The molecular formula is C19H21N3O2S. The number of carbonyl (C=O) groups is 1. The van der Waals surface area contributed by atoms with Gasteiger partial charge < -0.3 is 9.42 Å². The summed E-state index contributed by atoms with van der Waals surface area (Å²) in [6.07, 6.45) is 2.15. The molecule has 0 bridgehead atoms. The smallest absolute Gasteiger partial charge is 0.259 e. The van der Waals surface area contributed by atoms with Crippen molar-refractivity contribution in [3.63, 3.8) is 0 Å². The lowest BCUT2D eigenvalue weighted by Gasteiger charge is -2.22. The maximum absolute atomic E-state index is 13.4. The van der Waals surface area contributed by atoms with Crippen LogP contribution in [-0.2, 0) is 6.54 Å². The molecule has 3 aromatic rings. The average molecular weight is 355 g/mol. The van der Waals surface area contributed by atoms with E-state index in [0.29, 0.717) is 29.6 Å². The van der Waals surface area contributed by atoms with Crippen LogP contribution in [0.5, 0.6) is 0 Å². The van der Waals surface area contributed by atoms with Gasteiger partial charge in [0.2, 0.25) is 0 Å². The van der Waals surface area contributed by atoms with Crippen molar-refractivity contribution in [2.75, 3.05) is 0 Å². The first kappa shape index (κ1) is 16.3. The number of aromatic nitrogens is 2. The molecule has 4 rings (SSSR count). The Kier molecular flexibility index (Phi) is 4.07. The van der Waals surface area contributed by atoms with Gasteiger partial charge in [-0.2, -0.15) is 0 Å². The Hall–Kier alpha value is -2.21. The number of hydrogen-bond donors (Lipinski definition) is 0. The van der Waals surface area contributed by atoms with Gasteiger partial charge in [-0.25, -0.2) is 4.98 Å². The fourth-order valence-electron chi connectivity index (χ4n) is 3.06. The highest BCUT2D eigenvalue weighted by Gasteiger charge is 2.35. The van der Waals surface area contributed by atoms with Crippen molar-refractivity contribution < 1.29 is 9.32 Å². The van der Waals surface area contributed by atoms with Gasteiger partial charge >= 0.3 is 0 Å². The molecule has 0 aromatic carbocycles. The van der Waals surface area contributed by atoms with E-state index in [9.17, 15) is 4.79 Å². The number of thiophene rings is 1. The van der Waals surface area contributed by atoms with Crippen molar-refractivity contribution >= 4 is 28.3 Å². The molecule has 1 saturated carbocycles. The number of pyridine rings is 1. The third kappa shape index (κ3) is 3.06. The van der Waals surface area contributed by atoms with Crippen LogP contribution in [0.3, 0.4) is 0 Å². The minimum Gasteiger partial charge on any atom is -0.336 e. The number of amides is 1. The molecule has 0 aliphatic heterocycles. The summed E-state index contributed by atoms with van der Waals surface area (Å²) < 4.78 is 5.36. The Bertz CT molecular complexity index is 910. The molecule has 0 atom stereocenters. The van der Waals surface area contributed by atoms with E-state index >= 15 is 0 Å². The summed E-state index contributed by atoms with van der Waals surface area (Å²) in [5.41, 5.74) is 2.70. The summed E-state index contributed by atoms with van der Waals surface area (Å²) in [6.45, 7) is 6.65. The summed E-state index contributed by atoms with van der Waals surface area (Å²) in [5.74, 6) is 0.268. The molecule has 3 heterocycles. The highest BCUT2D eigenvalue weighted by Crippen LogP contribution is 2.33. The second kappa shape index (κ2) is 6.26. The standard InChI is InChI=1S/C19H21N3O2S/c1-11(2)16-9-15(17-12(3)21-24-18(17)20-16)19(23)22(13-6-7-13)10-14-5-4-8-25-14/h4-5,8-9,11,13H,6-7,10H2,1-3H3. The molecule has 25 heavy (non-hydrogen) atoms. The average Bonchev–Trinajstić information content (AvgIpc) is 3.18. The van der Waals surface area contributed by atoms with E-state index in [1.165, 1.54) is 4.88 Å². The fourth-order valence-corrected chi connectivity index (χ4v) is 3.76. The van der Waals surface area contributed by atoms with Crippen LogP contribution in [0, 0.1) is 6.92 Å². The highest BCUT2D eigenvalue weighted by atomic mass is 32.1. The molecule has 130 valence electrons. The molecule has 1 aliphatic rings. The normalized spacial score (nSPS) is 14.4. The van der Waals surface area contributed by atoms with Gasteiger partial charge in [0, 0.05) is 16.6 Å². The van der Waals surface area contributed by atoms with Crippen LogP contribution in [0.15, 0.2) is 28.1 Å². The lowest BCUT2D eigenvalue weighted by molar-refractivity contribution is 0.0733. The Balaban J connectivity index is 1.78. The van der Waals surface area contributed by atoms with E-state index in [1.807, 2.05) is 24.0 Å². The molecule has 5 nitrogen and oxygen atoms in total. The van der Waals surface area contributed by atoms with Crippen LogP contribution in [0.2, 0.25) is 0 Å². The molecule has 0 N–H and O–H groups in total. The van der Waals surface area contributed by atoms with Gasteiger partial charge in [-0.1, -0.05) is 25.1 Å². The second-order valence-electron chi connectivity index (χ2n) is 6.94. The highest BCUT2D eigenvalue weighted by molar-refractivity contribution is 7.09. The van der Waals surface area contributed by atoms with Gasteiger partial charge in [0.05, 0.1) is 23.2 Å². The van der Waals surface area contributed by atoms with Crippen molar-refractivity contribution in [2.45, 2.75) is 52.1 Å². The van der Waals surface area contributed by atoms with E-state index in [0.717, 1.165) is 23.9 Å². The lowest BCUT2D eigenvalue weighted by Crippen LogP contribution is -2.32. The quantitative estimate of drug-likeness (QED) is 0.675. The third-order valence-corrected chi connectivity index (χ3v) is 5.47. The van der Waals surface area contributed by atoms with Crippen LogP contribution in [0.4, 0.5) is 0 Å². The summed E-state index contributed by atoms with van der Waals surface area (Å²) in [5, 5.41) is 6.82. The topological polar surface area (TPSA) is 59.2 Å². The maximum Gasteiger partial charge on any atom is 0.259 e. The fraction of sp³-hybridized carbons (Fsp3) is 0.421. The van der Waals surface area contributed by atoms with E-state index < -0.39 is 0 Å². The minimum atomic E-state index is 0.0523. The first-order valence-electron chi connectivity index (χ1n) is 8.65. The molecular weight excluding hydrogens is 334 g/mol. The van der Waals surface area contributed by atoms with Gasteiger partial charge in [-0.05, 0) is 43.2 Å². The van der Waals surface area contributed by atoms with Crippen molar-refractivity contribution in [3.05, 3.63) is 45.4 Å². The van der Waals surface area contributed by atoms with E-state index in [4.69, 9.17) is 4.52 Å². The first-order chi connectivity index (χ1) is 12.0. The minimum absolute atomic E-state index is 0.0523. The maximum atomic E-state index is 13.4. The monoisotopic (exact) mass is 355 g/mol. The van der Waals surface area contributed by atoms with Crippen LogP contribution in [0.1, 0.15) is 59.2 Å². The van der Waals surface area contributed by atoms with Crippen molar-refractivity contribution in [1.82, 2.24) is 15.0 Å². The predicted molar refractivity (Wildman–Crippen MR) is 97.8 cm³/mol. The predicted octanol–water partition coefficient (Wildman–Crippen LogP) is 4.52. The molecule has 1 amide bonds. The zero-order valence-corrected chi connectivity index (χ0v) is 15.5. The van der Waals surface area contributed by atoms with Crippen LogP contribution in [0.25, 0.3) is 11.1 Å². The number of aryl methyl sites for hydroxylation is 1. The van der Waals surface area contributed by atoms with Crippen molar-refractivity contribution in [2.24, 2.45) is 0 Å².